The highest BCUT2D eigenvalue weighted by atomic mass is 16.5. The molecular formula is C22H27NO5. The summed E-state index contributed by atoms with van der Waals surface area (Å²) < 4.78 is 16.2. The number of amides is 1. The van der Waals surface area contributed by atoms with E-state index in [-0.39, 0.29) is 18.9 Å². The molecule has 6 nitrogen and oxygen atoms in total. The highest BCUT2D eigenvalue weighted by Crippen LogP contribution is 2.26. The lowest BCUT2D eigenvalue weighted by molar-refractivity contribution is -0.147. The summed E-state index contributed by atoms with van der Waals surface area (Å²) in [5, 5.41) is 2.79. The number of rotatable bonds is 10. The van der Waals surface area contributed by atoms with Gasteiger partial charge < -0.3 is 19.5 Å². The average molecular weight is 385 g/mol. The normalized spacial score (nSPS) is 10.2. The Kier molecular flexibility index (Phi) is 8.34. The maximum absolute atomic E-state index is 12.0. The number of hydrogen-bond donors (Lipinski definition) is 1. The van der Waals surface area contributed by atoms with Gasteiger partial charge in [-0.3, -0.25) is 9.59 Å². The van der Waals surface area contributed by atoms with Crippen molar-refractivity contribution >= 4 is 17.6 Å². The smallest absolute Gasteiger partial charge is 0.306 e. The second-order valence-corrected chi connectivity index (χ2v) is 6.31. The molecule has 0 aliphatic carbocycles. The Morgan fingerprint density at radius 1 is 0.929 bits per heavy atom. The van der Waals surface area contributed by atoms with E-state index in [2.05, 4.69) is 5.32 Å². The third kappa shape index (κ3) is 6.61. The van der Waals surface area contributed by atoms with Crippen molar-refractivity contribution in [3.05, 3.63) is 53.6 Å². The van der Waals surface area contributed by atoms with Gasteiger partial charge in [0.05, 0.1) is 13.2 Å². The highest BCUT2D eigenvalue weighted by Gasteiger charge is 2.11. The quantitative estimate of drug-likeness (QED) is 0.493. The monoisotopic (exact) mass is 385 g/mol. The van der Waals surface area contributed by atoms with Gasteiger partial charge in [-0.2, -0.15) is 0 Å². The Bertz CT molecular complexity index is 783. The van der Waals surface area contributed by atoms with Gasteiger partial charge >= 0.3 is 5.97 Å². The van der Waals surface area contributed by atoms with E-state index >= 15 is 0 Å². The fourth-order valence-corrected chi connectivity index (χ4v) is 2.65. The van der Waals surface area contributed by atoms with Gasteiger partial charge in [0.15, 0.2) is 18.1 Å². The van der Waals surface area contributed by atoms with Crippen molar-refractivity contribution in [3.63, 3.8) is 0 Å². The summed E-state index contributed by atoms with van der Waals surface area (Å²) >= 11 is 0. The number of carbonyl (C=O) groups is 2. The fourth-order valence-electron chi connectivity index (χ4n) is 2.65. The molecule has 0 aromatic heterocycles. The molecule has 0 unspecified atom stereocenters. The van der Waals surface area contributed by atoms with Gasteiger partial charge in [-0.1, -0.05) is 30.3 Å². The fraction of sp³-hybridized carbons (Fsp3) is 0.364. The Hall–Kier alpha value is -3.02. The molecule has 0 radical (unpaired) electrons. The average Bonchev–Trinajstić information content (AvgIpc) is 2.68. The second-order valence-electron chi connectivity index (χ2n) is 6.31. The maximum atomic E-state index is 12.0. The van der Waals surface area contributed by atoms with Crippen LogP contribution in [0.2, 0.25) is 0 Å². The summed E-state index contributed by atoms with van der Waals surface area (Å²) in [5.74, 6) is 0.535. The van der Waals surface area contributed by atoms with E-state index in [1.54, 1.807) is 0 Å². The first-order valence-electron chi connectivity index (χ1n) is 9.37. The Balaban J connectivity index is 1.68. The minimum atomic E-state index is -0.432. The van der Waals surface area contributed by atoms with E-state index < -0.39 is 5.97 Å². The van der Waals surface area contributed by atoms with Crippen LogP contribution in [0.15, 0.2) is 42.5 Å². The van der Waals surface area contributed by atoms with Crippen molar-refractivity contribution < 1.29 is 23.8 Å². The van der Waals surface area contributed by atoms with Crippen LogP contribution >= 0.6 is 0 Å². The van der Waals surface area contributed by atoms with E-state index in [0.29, 0.717) is 31.1 Å². The number of esters is 1. The van der Waals surface area contributed by atoms with Crippen molar-refractivity contribution in [2.75, 3.05) is 25.1 Å². The summed E-state index contributed by atoms with van der Waals surface area (Å²) in [6.07, 6.45) is 0.658. The number of ether oxygens (including phenoxy) is 3. The molecule has 2 aromatic carbocycles. The number of nitrogens with one attached hydrogen (secondary N) is 1. The number of carbonyl (C=O) groups excluding carboxylic acids is 2. The van der Waals surface area contributed by atoms with Crippen LogP contribution in [0.5, 0.6) is 11.5 Å². The second kappa shape index (κ2) is 11.0. The lowest BCUT2D eigenvalue weighted by Crippen LogP contribution is -2.22. The number of hydrogen-bond acceptors (Lipinski definition) is 5. The Labute approximate surface area is 165 Å². The SMILES string of the molecule is CCOc1ccccc1OCCCC(=O)OCC(=O)Nc1c(C)cccc1C. The third-order valence-corrected chi connectivity index (χ3v) is 4.04. The van der Waals surface area contributed by atoms with Gasteiger partial charge in [0.25, 0.3) is 5.91 Å². The first-order chi connectivity index (χ1) is 13.5. The predicted octanol–water partition coefficient (Wildman–Crippen LogP) is 4.04. The third-order valence-electron chi connectivity index (χ3n) is 4.04. The molecule has 1 amide bonds. The molecule has 2 aromatic rings. The van der Waals surface area contributed by atoms with Crippen LogP contribution in [0.1, 0.15) is 30.9 Å². The zero-order valence-electron chi connectivity index (χ0n) is 16.6. The minimum absolute atomic E-state index is 0.174. The van der Waals surface area contributed by atoms with E-state index in [9.17, 15) is 9.59 Å². The summed E-state index contributed by atoms with van der Waals surface area (Å²) in [5.41, 5.74) is 2.68. The van der Waals surface area contributed by atoms with Crippen molar-refractivity contribution in [2.24, 2.45) is 0 Å². The van der Waals surface area contributed by atoms with Gasteiger partial charge in [0.2, 0.25) is 0 Å². The number of aryl methyl sites for hydroxylation is 2. The highest BCUT2D eigenvalue weighted by molar-refractivity contribution is 5.94. The van der Waals surface area contributed by atoms with Gasteiger partial charge in [-0.15, -0.1) is 0 Å². The van der Waals surface area contributed by atoms with Crippen LogP contribution in [0.4, 0.5) is 5.69 Å². The summed E-state index contributed by atoms with van der Waals surface area (Å²) in [4.78, 5) is 23.8. The first kappa shape index (κ1) is 21.3. The van der Waals surface area contributed by atoms with E-state index in [4.69, 9.17) is 14.2 Å². The summed E-state index contributed by atoms with van der Waals surface area (Å²) in [6, 6.07) is 13.1. The van der Waals surface area contributed by atoms with Crippen LogP contribution < -0.4 is 14.8 Å². The van der Waals surface area contributed by atoms with Crippen molar-refractivity contribution in [1.82, 2.24) is 0 Å². The standard InChI is InChI=1S/C22H27NO5/c1-4-26-18-11-5-6-12-19(18)27-14-8-13-21(25)28-15-20(24)23-22-16(2)9-7-10-17(22)3/h5-7,9-12H,4,8,13-15H2,1-3H3,(H,23,24). The molecule has 0 spiro atoms. The molecule has 28 heavy (non-hydrogen) atoms. The molecule has 0 heterocycles. The number of benzene rings is 2. The number of anilines is 1. The lowest BCUT2D eigenvalue weighted by atomic mass is 10.1. The molecule has 150 valence electrons. The number of para-hydroxylation sites is 3. The molecule has 0 aliphatic rings. The Morgan fingerprint density at radius 2 is 1.57 bits per heavy atom. The van der Waals surface area contributed by atoms with Gasteiger partial charge in [0, 0.05) is 12.1 Å². The first-order valence-corrected chi connectivity index (χ1v) is 9.37. The van der Waals surface area contributed by atoms with Crippen molar-refractivity contribution in [1.29, 1.82) is 0 Å². The van der Waals surface area contributed by atoms with Crippen LogP contribution in [-0.2, 0) is 14.3 Å². The van der Waals surface area contributed by atoms with Gasteiger partial charge in [0.1, 0.15) is 0 Å². The van der Waals surface area contributed by atoms with E-state index in [1.165, 1.54) is 0 Å². The summed E-state index contributed by atoms with van der Waals surface area (Å²) in [6.45, 7) is 6.34. The molecule has 1 N–H and O–H groups in total. The van der Waals surface area contributed by atoms with Crippen LogP contribution in [0, 0.1) is 13.8 Å². The molecule has 0 saturated heterocycles. The Morgan fingerprint density at radius 3 is 2.21 bits per heavy atom. The zero-order valence-corrected chi connectivity index (χ0v) is 16.6. The minimum Gasteiger partial charge on any atom is -0.490 e. The zero-order chi connectivity index (χ0) is 20.4. The molecule has 0 fully saturated rings. The van der Waals surface area contributed by atoms with E-state index in [1.807, 2.05) is 63.2 Å². The molecular weight excluding hydrogens is 358 g/mol. The molecule has 6 heteroatoms. The van der Waals surface area contributed by atoms with Gasteiger partial charge in [-0.25, -0.2) is 0 Å². The summed E-state index contributed by atoms with van der Waals surface area (Å²) in [7, 11) is 0. The maximum Gasteiger partial charge on any atom is 0.306 e. The predicted molar refractivity (Wildman–Crippen MR) is 108 cm³/mol. The molecule has 0 aliphatic heterocycles. The lowest BCUT2D eigenvalue weighted by Gasteiger charge is -2.12. The van der Waals surface area contributed by atoms with Crippen LogP contribution in [0.25, 0.3) is 0 Å². The topological polar surface area (TPSA) is 73.9 Å². The largest absolute Gasteiger partial charge is 0.490 e. The molecule has 0 bridgehead atoms. The van der Waals surface area contributed by atoms with Crippen molar-refractivity contribution in [3.8, 4) is 11.5 Å². The van der Waals surface area contributed by atoms with Crippen LogP contribution in [0.3, 0.4) is 0 Å². The van der Waals surface area contributed by atoms with Crippen molar-refractivity contribution in [2.45, 2.75) is 33.6 Å². The van der Waals surface area contributed by atoms with Gasteiger partial charge in [-0.05, 0) is 50.5 Å². The van der Waals surface area contributed by atoms with Crippen LogP contribution in [-0.4, -0.2) is 31.7 Å². The molecule has 0 atom stereocenters. The molecule has 2 rings (SSSR count). The molecule has 0 saturated carbocycles. The van der Waals surface area contributed by atoms with E-state index in [0.717, 1.165) is 16.8 Å².